The topological polar surface area (TPSA) is 44.8 Å². The first-order chi connectivity index (χ1) is 19.9. The van der Waals surface area contributed by atoms with E-state index in [1.165, 1.54) is 32.1 Å². The number of fused-ring (bicyclic) bond motifs is 1. The fraction of sp³-hybridized carbons (Fsp3) is 0.919. The van der Waals surface area contributed by atoms with Crippen molar-refractivity contribution in [2.45, 2.75) is 187 Å². The van der Waals surface area contributed by atoms with Gasteiger partial charge in [0.1, 0.15) is 11.7 Å². The number of hydrogen-bond donors (Lipinski definition) is 0. The molecule has 1 unspecified atom stereocenters. The van der Waals surface area contributed by atoms with Crippen LogP contribution in [-0.4, -0.2) is 46.8 Å². The molecule has 0 aliphatic heterocycles. The van der Waals surface area contributed by atoms with E-state index in [9.17, 15) is 4.79 Å². The summed E-state index contributed by atoms with van der Waals surface area (Å²) in [6.07, 6.45) is 13.1. The molecule has 43 heavy (non-hydrogen) atoms. The minimum Gasteiger partial charge on any atom is -0.413 e. The number of hydrogen-bond acceptors (Lipinski definition) is 4. The molecule has 6 heteroatoms. The van der Waals surface area contributed by atoms with Crippen molar-refractivity contribution < 1.29 is 18.4 Å². The highest BCUT2D eigenvalue weighted by Crippen LogP contribution is 2.57. The predicted octanol–water partition coefficient (Wildman–Crippen LogP) is 10.3. The van der Waals surface area contributed by atoms with E-state index < -0.39 is 22.2 Å². The lowest BCUT2D eigenvalue weighted by Gasteiger charge is -2.60. The maximum atomic E-state index is 14.0. The first-order valence-electron chi connectivity index (χ1n) is 18.0. The van der Waals surface area contributed by atoms with Crippen molar-refractivity contribution in [3.05, 3.63) is 0 Å². The number of carbonyl (C=O) groups excluding carboxylic acids is 1. The van der Waals surface area contributed by atoms with Crippen LogP contribution in [0.15, 0.2) is 0 Å². The van der Waals surface area contributed by atoms with Gasteiger partial charge in [-0.1, -0.05) is 106 Å². The molecule has 3 aliphatic carbocycles. The Kier molecular flexibility index (Phi) is 12.5. The van der Waals surface area contributed by atoms with Gasteiger partial charge in [0.05, 0.1) is 12.0 Å². The van der Waals surface area contributed by atoms with Gasteiger partial charge in [-0.25, -0.2) is 0 Å². The summed E-state index contributed by atoms with van der Waals surface area (Å²) in [5, 5.41) is 0.249. The lowest BCUT2D eigenvalue weighted by Crippen LogP contribution is -2.71. The number of rotatable bonds is 12. The zero-order valence-corrected chi connectivity index (χ0v) is 32.3. The molecule has 4 nitrogen and oxygen atoms in total. The lowest BCUT2D eigenvalue weighted by molar-refractivity contribution is -0.215. The summed E-state index contributed by atoms with van der Waals surface area (Å²) in [7, 11) is -4.07. The smallest absolute Gasteiger partial charge is 0.193 e. The number of Topliss-reactive ketones (excluding diaryl/α,β-unsaturated/α-hetero) is 1. The second-order valence-electron chi connectivity index (χ2n) is 17.2. The Labute approximate surface area is 268 Å². The maximum Gasteiger partial charge on any atom is 0.193 e. The molecule has 0 N–H and O–H groups in total. The van der Waals surface area contributed by atoms with Gasteiger partial charge in [-0.2, -0.15) is 0 Å². The zero-order chi connectivity index (χ0) is 32.3. The average Bonchev–Trinajstić information content (AvgIpc) is 2.91. The van der Waals surface area contributed by atoms with Crippen LogP contribution in [0.5, 0.6) is 0 Å². The Morgan fingerprint density at radius 2 is 1.49 bits per heavy atom. The highest BCUT2D eigenvalue weighted by atomic mass is 28.4. The largest absolute Gasteiger partial charge is 0.413 e. The molecule has 0 aromatic heterocycles. The first kappa shape index (κ1) is 37.0. The fourth-order valence-electron chi connectivity index (χ4n) is 7.06. The van der Waals surface area contributed by atoms with Crippen molar-refractivity contribution in [3.63, 3.8) is 0 Å². The van der Waals surface area contributed by atoms with Crippen LogP contribution in [0, 0.1) is 35.5 Å². The quantitative estimate of drug-likeness (QED) is 0.122. The first-order valence-corrected chi connectivity index (χ1v) is 23.8. The molecule has 0 saturated heterocycles. The van der Waals surface area contributed by atoms with Crippen LogP contribution >= 0.6 is 0 Å². The van der Waals surface area contributed by atoms with Gasteiger partial charge in [-0.05, 0) is 80.7 Å². The van der Waals surface area contributed by atoms with Gasteiger partial charge in [0.2, 0.25) is 0 Å². The summed E-state index contributed by atoms with van der Waals surface area (Å²) >= 11 is 0. The number of carbonyl (C=O) groups is 1. The Hall–Kier alpha value is -0.456. The molecule has 3 rings (SSSR count). The molecule has 0 bridgehead atoms. The standard InChI is InChI=1S/C37H68O4Si2/c1-13-15-22-30-33-29(23-24-31(28-20-18-17-19-21-28)40-42(9,10)35(3,4)5)32(41-43(11,12)36(6,7)8)25-26-37(33,34(30)38)39-27-16-14-2/h28-33H,13-22,25-27H2,1-12H3/t29-,30?,31+,32+,33-,37+/m1/s1. The van der Waals surface area contributed by atoms with Crippen molar-refractivity contribution in [1.29, 1.82) is 0 Å². The predicted molar refractivity (Wildman–Crippen MR) is 186 cm³/mol. The summed E-state index contributed by atoms with van der Waals surface area (Å²) in [4.78, 5) is 14.0. The van der Waals surface area contributed by atoms with Crippen molar-refractivity contribution in [1.82, 2.24) is 0 Å². The van der Waals surface area contributed by atoms with Gasteiger partial charge in [-0.3, -0.25) is 4.79 Å². The van der Waals surface area contributed by atoms with Crippen LogP contribution in [0.4, 0.5) is 0 Å². The molecular formula is C37H68O4Si2. The van der Waals surface area contributed by atoms with Crippen LogP contribution in [-0.2, 0) is 18.4 Å². The van der Waals surface area contributed by atoms with Crippen molar-refractivity contribution >= 4 is 22.4 Å². The van der Waals surface area contributed by atoms with Crippen LogP contribution in [0.2, 0.25) is 36.3 Å². The third-order valence-corrected chi connectivity index (χ3v) is 20.9. The van der Waals surface area contributed by atoms with E-state index in [0.717, 1.165) is 44.9 Å². The molecule has 3 saturated carbocycles. The summed E-state index contributed by atoms with van der Waals surface area (Å²) in [6, 6.07) is 0. The minimum atomic E-state index is -2.05. The SMILES string of the molecule is CCCCO[C@@]12CC[C@H](O[Si](C)(C)C(C)(C)C)[C@@H](C#C[C@H](O[Si](C)(C)C(C)(C)C)C3CCCCC3)[C@@H]1C(CCCC)C2=O. The third-order valence-electron chi connectivity index (χ3n) is 12.0. The number of ether oxygens (including phenoxy) is 1. The Balaban J connectivity index is 2.08. The third kappa shape index (κ3) is 8.29. The van der Waals surface area contributed by atoms with Gasteiger partial charge >= 0.3 is 0 Å². The molecule has 0 radical (unpaired) electrons. The molecule has 0 aromatic rings. The second kappa shape index (κ2) is 14.5. The monoisotopic (exact) mass is 632 g/mol. The maximum absolute atomic E-state index is 14.0. The minimum absolute atomic E-state index is 0.00170. The van der Waals surface area contributed by atoms with Crippen molar-refractivity contribution in [2.75, 3.05) is 6.61 Å². The lowest BCUT2D eigenvalue weighted by atomic mass is 9.49. The molecule has 248 valence electrons. The van der Waals surface area contributed by atoms with E-state index in [-0.39, 0.29) is 40.0 Å². The van der Waals surface area contributed by atoms with Crippen molar-refractivity contribution in [3.8, 4) is 11.8 Å². The van der Waals surface area contributed by atoms with E-state index >= 15 is 0 Å². The van der Waals surface area contributed by atoms with E-state index in [1.807, 2.05) is 0 Å². The molecule has 0 aromatic carbocycles. The van der Waals surface area contributed by atoms with Gasteiger partial charge in [0.15, 0.2) is 22.4 Å². The van der Waals surface area contributed by atoms with Crippen LogP contribution in [0.25, 0.3) is 0 Å². The van der Waals surface area contributed by atoms with Gasteiger partial charge < -0.3 is 13.6 Å². The highest BCUT2D eigenvalue weighted by molar-refractivity contribution is 6.74. The normalized spacial score (nSPS) is 29.8. The van der Waals surface area contributed by atoms with E-state index in [0.29, 0.717) is 18.3 Å². The molecule has 0 spiro atoms. The average molecular weight is 633 g/mol. The Morgan fingerprint density at radius 3 is 2.05 bits per heavy atom. The second-order valence-corrected chi connectivity index (χ2v) is 26.7. The number of ketones is 1. The van der Waals surface area contributed by atoms with Gasteiger partial charge in [0.25, 0.3) is 0 Å². The molecule has 0 amide bonds. The summed E-state index contributed by atoms with van der Waals surface area (Å²) in [6.45, 7) is 28.5. The summed E-state index contributed by atoms with van der Waals surface area (Å²) in [5.74, 6) is 8.71. The van der Waals surface area contributed by atoms with Crippen molar-refractivity contribution in [2.24, 2.45) is 23.7 Å². The molecule has 3 fully saturated rings. The molecule has 0 heterocycles. The zero-order valence-electron chi connectivity index (χ0n) is 30.3. The molecule has 6 atom stereocenters. The Morgan fingerprint density at radius 1 is 0.884 bits per heavy atom. The van der Waals surface area contributed by atoms with E-state index in [1.54, 1.807) is 0 Å². The van der Waals surface area contributed by atoms with E-state index in [4.69, 9.17) is 13.6 Å². The fourth-order valence-corrected chi connectivity index (χ4v) is 9.68. The van der Waals surface area contributed by atoms with Crippen LogP contribution in [0.1, 0.15) is 132 Å². The molecular weight excluding hydrogens is 565 g/mol. The number of unbranched alkanes of at least 4 members (excludes halogenated alkanes) is 2. The van der Waals surface area contributed by atoms with Crippen LogP contribution < -0.4 is 0 Å². The highest BCUT2D eigenvalue weighted by Gasteiger charge is 2.68. The summed E-state index contributed by atoms with van der Waals surface area (Å²) < 4.78 is 21.1. The van der Waals surface area contributed by atoms with Gasteiger partial charge in [0, 0.05) is 18.4 Å². The Bertz CT molecular complexity index is 975. The summed E-state index contributed by atoms with van der Waals surface area (Å²) in [5.41, 5.74) is -0.680. The molecule has 3 aliphatic rings. The van der Waals surface area contributed by atoms with E-state index in [2.05, 4.69) is 93.4 Å². The van der Waals surface area contributed by atoms with Crippen LogP contribution in [0.3, 0.4) is 0 Å². The van der Waals surface area contributed by atoms with Gasteiger partial charge in [-0.15, -0.1) is 0 Å².